The zero-order chi connectivity index (χ0) is 18.8. The lowest BCUT2D eigenvalue weighted by Gasteiger charge is -2.36. The highest BCUT2D eigenvalue weighted by molar-refractivity contribution is 5.96. The number of hydrogen-bond donors (Lipinski definition) is 0. The van der Waals surface area contributed by atoms with Crippen LogP contribution in [0.4, 0.5) is 0 Å². The second-order valence-corrected chi connectivity index (χ2v) is 7.26. The molecule has 0 bridgehead atoms. The van der Waals surface area contributed by atoms with Crippen LogP contribution in [0.2, 0.25) is 0 Å². The van der Waals surface area contributed by atoms with Crippen molar-refractivity contribution >= 4 is 11.8 Å². The van der Waals surface area contributed by atoms with E-state index in [1.165, 1.54) is 6.26 Å². The second kappa shape index (κ2) is 7.62. The predicted molar refractivity (Wildman–Crippen MR) is 96.1 cm³/mol. The van der Waals surface area contributed by atoms with Crippen molar-refractivity contribution in [3.63, 3.8) is 0 Å². The summed E-state index contributed by atoms with van der Waals surface area (Å²) in [6.45, 7) is 2.40. The lowest BCUT2D eigenvalue weighted by Crippen LogP contribution is -2.43. The van der Waals surface area contributed by atoms with Crippen LogP contribution in [-0.2, 0) is 19.1 Å². The predicted octanol–water partition coefficient (Wildman–Crippen LogP) is 3.40. The van der Waals surface area contributed by atoms with Crippen LogP contribution in [0.25, 0.3) is 0 Å². The van der Waals surface area contributed by atoms with E-state index in [1.807, 2.05) is 19.1 Å². The summed E-state index contributed by atoms with van der Waals surface area (Å²) in [6.07, 6.45) is 4.67. The number of allylic oxidation sites excluding steroid dienone is 1. The van der Waals surface area contributed by atoms with E-state index in [0.29, 0.717) is 37.4 Å². The number of carbonyl (C=O) groups excluding carboxylic acids is 2. The summed E-state index contributed by atoms with van der Waals surface area (Å²) in [6, 6.07) is 7.25. The number of rotatable bonds is 6. The van der Waals surface area contributed by atoms with Crippen LogP contribution in [0, 0.1) is 11.8 Å². The van der Waals surface area contributed by atoms with E-state index in [1.54, 1.807) is 12.1 Å². The highest BCUT2D eigenvalue weighted by atomic mass is 16.6. The molecule has 27 heavy (non-hydrogen) atoms. The highest BCUT2D eigenvalue weighted by Crippen LogP contribution is 2.38. The molecule has 3 unspecified atom stereocenters. The van der Waals surface area contributed by atoms with Gasteiger partial charge >= 0.3 is 5.97 Å². The third-order valence-electron chi connectivity index (χ3n) is 5.24. The van der Waals surface area contributed by atoms with Gasteiger partial charge in [-0.3, -0.25) is 9.59 Å². The molecule has 1 aliphatic heterocycles. The van der Waals surface area contributed by atoms with Crippen molar-refractivity contribution in [1.82, 2.24) is 0 Å². The van der Waals surface area contributed by atoms with E-state index in [0.717, 1.165) is 12.8 Å². The average Bonchev–Trinajstić information content (AvgIpc) is 3.51. The molecule has 3 atom stereocenters. The maximum absolute atomic E-state index is 12.9. The highest BCUT2D eigenvalue weighted by Gasteiger charge is 2.43. The van der Waals surface area contributed by atoms with Crippen molar-refractivity contribution in [1.29, 1.82) is 0 Å². The zero-order valence-corrected chi connectivity index (χ0v) is 15.4. The van der Waals surface area contributed by atoms with Gasteiger partial charge in [-0.05, 0) is 44.7 Å². The van der Waals surface area contributed by atoms with Gasteiger partial charge in [-0.2, -0.15) is 0 Å². The molecule has 6 nitrogen and oxygen atoms in total. The molecule has 2 aliphatic carbocycles. The minimum atomic E-state index is -0.266. The van der Waals surface area contributed by atoms with Crippen LogP contribution in [0.3, 0.4) is 0 Å². The van der Waals surface area contributed by atoms with Crippen molar-refractivity contribution in [2.45, 2.75) is 51.2 Å². The Balaban J connectivity index is 1.41. The Kier molecular flexibility index (Phi) is 5.05. The monoisotopic (exact) mass is 372 g/mol. The Morgan fingerprint density at radius 1 is 1.15 bits per heavy atom. The second-order valence-electron chi connectivity index (χ2n) is 7.26. The van der Waals surface area contributed by atoms with Gasteiger partial charge in [0.25, 0.3) is 0 Å². The summed E-state index contributed by atoms with van der Waals surface area (Å²) < 4.78 is 22.7. The lowest BCUT2D eigenvalue weighted by atomic mass is 9.80. The molecule has 2 saturated carbocycles. The molecule has 0 amide bonds. The van der Waals surface area contributed by atoms with Crippen LogP contribution >= 0.6 is 0 Å². The minimum Gasteiger partial charge on any atom is -0.493 e. The number of benzene rings is 1. The molecule has 144 valence electrons. The first-order valence-electron chi connectivity index (χ1n) is 9.65. The third kappa shape index (κ3) is 3.94. The minimum absolute atomic E-state index is 0.0653. The van der Waals surface area contributed by atoms with Crippen LogP contribution in [-0.4, -0.2) is 30.6 Å². The molecule has 6 heteroatoms. The van der Waals surface area contributed by atoms with Crippen molar-refractivity contribution in [3.8, 4) is 11.5 Å². The normalized spacial score (nSPS) is 27.1. The van der Waals surface area contributed by atoms with Crippen LogP contribution in [0.15, 0.2) is 36.3 Å². The molecule has 0 N–H and O–H groups in total. The Morgan fingerprint density at radius 3 is 2.67 bits per heavy atom. The number of fused-ring (bicyclic) bond motifs is 1. The van der Waals surface area contributed by atoms with Gasteiger partial charge in [0.05, 0.1) is 18.4 Å². The maximum Gasteiger partial charge on any atom is 0.309 e. The van der Waals surface area contributed by atoms with Gasteiger partial charge < -0.3 is 18.9 Å². The summed E-state index contributed by atoms with van der Waals surface area (Å²) in [5.74, 6) is 0.927. The first kappa shape index (κ1) is 17.9. The number of para-hydroxylation sites is 2. The van der Waals surface area contributed by atoms with Crippen molar-refractivity contribution in [2.75, 3.05) is 6.61 Å². The molecule has 3 aliphatic rings. The van der Waals surface area contributed by atoms with Gasteiger partial charge in [0.1, 0.15) is 18.5 Å². The van der Waals surface area contributed by atoms with Gasteiger partial charge in [0.2, 0.25) is 11.5 Å². The van der Waals surface area contributed by atoms with E-state index in [2.05, 4.69) is 0 Å². The van der Waals surface area contributed by atoms with Crippen LogP contribution in [0.5, 0.6) is 11.5 Å². The SMILES string of the molecule is CCOc1ccccc1OC1=COC2CC(OC(=O)C3CC3)CCC2C1=O. The van der Waals surface area contributed by atoms with Crippen LogP contribution < -0.4 is 9.47 Å². The molecular weight excluding hydrogens is 348 g/mol. The summed E-state index contributed by atoms with van der Waals surface area (Å²) in [7, 11) is 0. The maximum atomic E-state index is 12.9. The fourth-order valence-electron chi connectivity index (χ4n) is 3.62. The molecule has 0 aromatic heterocycles. The Hall–Kier alpha value is -2.50. The summed E-state index contributed by atoms with van der Waals surface area (Å²) in [5, 5.41) is 0. The fourth-order valence-corrected chi connectivity index (χ4v) is 3.62. The van der Waals surface area contributed by atoms with Crippen molar-refractivity contribution in [2.24, 2.45) is 11.8 Å². The van der Waals surface area contributed by atoms with E-state index in [-0.39, 0.29) is 41.6 Å². The summed E-state index contributed by atoms with van der Waals surface area (Å²) in [5.41, 5.74) is 0. The topological polar surface area (TPSA) is 71.1 Å². The molecule has 1 heterocycles. The van der Waals surface area contributed by atoms with Gasteiger partial charge in [0.15, 0.2) is 11.5 Å². The van der Waals surface area contributed by atoms with E-state index in [4.69, 9.17) is 18.9 Å². The van der Waals surface area contributed by atoms with Gasteiger partial charge in [-0.15, -0.1) is 0 Å². The third-order valence-corrected chi connectivity index (χ3v) is 5.24. The van der Waals surface area contributed by atoms with Crippen molar-refractivity contribution in [3.05, 3.63) is 36.3 Å². The Labute approximate surface area is 158 Å². The van der Waals surface area contributed by atoms with Crippen molar-refractivity contribution < 1.29 is 28.5 Å². The standard InChI is InChI=1S/C21H24O6/c1-2-24-16-5-3-4-6-17(16)27-19-12-25-18-11-14(9-10-15(18)20(19)22)26-21(23)13-7-8-13/h3-6,12-15,18H,2,7-11H2,1H3. The average molecular weight is 372 g/mol. The number of carbonyl (C=O) groups is 2. The Morgan fingerprint density at radius 2 is 1.93 bits per heavy atom. The number of ketones is 1. The van der Waals surface area contributed by atoms with Gasteiger partial charge in [0, 0.05) is 6.42 Å². The lowest BCUT2D eigenvalue weighted by molar-refractivity contribution is -0.156. The number of hydrogen-bond acceptors (Lipinski definition) is 6. The molecular formula is C21H24O6. The molecule has 0 spiro atoms. The molecule has 0 saturated heterocycles. The summed E-state index contributed by atoms with van der Waals surface area (Å²) >= 11 is 0. The number of esters is 1. The quantitative estimate of drug-likeness (QED) is 0.713. The number of Topliss-reactive ketones (excluding diaryl/α,β-unsaturated/α-hetero) is 1. The van der Waals surface area contributed by atoms with E-state index in [9.17, 15) is 9.59 Å². The largest absolute Gasteiger partial charge is 0.493 e. The zero-order valence-electron chi connectivity index (χ0n) is 15.4. The van der Waals surface area contributed by atoms with Gasteiger partial charge in [-0.1, -0.05) is 12.1 Å². The molecule has 0 radical (unpaired) electrons. The number of ether oxygens (including phenoxy) is 4. The van der Waals surface area contributed by atoms with Crippen LogP contribution in [0.1, 0.15) is 39.0 Å². The van der Waals surface area contributed by atoms with E-state index < -0.39 is 0 Å². The van der Waals surface area contributed by atoms with E-state index >= 15 is 0 Å². The fraction of sp³-hybridized carbons (Fsp3) is 0.524. The molecule has 1 aromatic rings. The smallest absolute Gasteiger partial charge is 0.309 e. The molecule has 2 fully saturated rings. The first-order chi connectivity index (χ1) is 13.2. The molecule has 1 aromatic carbocycles. The Bertz CT molecular complexity index is 751. The first-order valence-corrected chi connectivity index (χ1v) is 9.65. The van der Waals surface area contributed by atoms with Gasteiger partial charge in [-0.25, -0.2) is 0 Å². The summed E-state index contributed by atoms with van der Waals surface area (Å²) in [4.78, 5) is 24.7. The molecule has 4 rings (SSSR count).